The average molecular weight is 337 g/mol. The zero-order valence-corrected chi connectivity index (χ0v) is 13.9. The highest BCUT2D eigenvalue weighted by molar-refractivity contribution is 5.33. The minimum atomic E-state index is -4.30. The molecule has 0 aliphatic heterocycles. The van der Waals surface area contributed by atoms with Crippen LogP contribution in [0.15, 0.2) is 48.5 Å². The van der Waals surface area contributed by atoms with Crippen LogP contribution in [0.3, 0.4) is 0 Å². The van der Waals surface area contributed by atoms with Crippen LogP contribution >= 0.6 is 0 Å². The Labute approximate surface area is 140 Å². The molecular formula is C19H22F3NO. The first kappa shape index (κ1) is 18.3. The van der Waals surface area contributed by atoms with E-state index in [1.165, 1.54) is 12.1 Å². The van der Waals surface area contributed by atoms with Gasteiger partial charge in [0.05, 0.1) is 12.7 Å². The molecular weight excluding hydrogens is 315 g/mol. The maximum Gasteiger partial charge on any atom is 0.416 e. The van der Waals surface area contributed by atoms with Gasteiger partial charge < -0.3 is 10.1 Å². The van der Waals surface area contributed by atoms with Gasteiger partial charge in [-0.2, -0.15) is 13.2 Å². The fraction of sp³-hybridized carbons (Fsp3) is 0.368. The molecule has 0 aliphatic rings. The standard InChI is InChI=1S/C19H22F3NO/c1-14(12-15-6-5-8-17(13-15)19(20,21)22)23-11-10-16-7-3-4-9-18(16)24-2/h3-9,13-14,23H,10-12H2,1-2H3/t14-/m0/s1. The van der Waals surface area contributed by atoms with Crippen molar-refractivity contribution >= 4 is 0 Å². The number of methoxy groups -OCH3 is 1. The van der Waals surface area contributed by atoms with Crippen LogP contribution in [0.2, 0.25) is 0 Å². The van der Waals surface area contributed by atoms with Crippen LogP contribution in [0.4, 0.5) is 13.2 Å². The molecule has 1 N–H and O–H groups in total. The monoisotopic (exact) mass is 337 g/mol. The molecule has 0 spiro atoms. The van der Waals surface area contributed by atoms with Crippen molar-refractivity contribution in [3.05, 3.63) is 65.2 Å². The number of alkyl halides is 3. The van der Waals surface area contributed by atoms with E-state index in [1.54, 1.807) is 13.2 Å². The third-order valence-corrected chi connectivity index (χ3v) is 3.88. The van der Waals surface area contributed by atoms with Crippen molar-refractivity contribution in [2.75, 3.05) is 13.7 Å². The van der Waals surface area contributed by atoms with Gasteiger partial charge in [0, 0.05) is 6.04 Å². The summed E-state index contributed by atoms with van der Waals surface area (Å²) < 4.78 is 43.5. The van der Waals surface area contributed by atoms with E-state index in [4.69, 9.17) is 4.74 Å². The Morgan fingerprint density at radius 1 is 1.08 bits per heavy atom. The Hall–Kier alpha value is -2.01. The fourth-order valence-corrected chi connectivity index (χ4v) is 2.66. The molecule has 24 heavy (non-hydrogen) atoms. The van der Waals surface area contributed by atoms with Crippen LogP contribution in [0.5, 0.6) is 5.75 Å². The van der Waals surface area contributed by atoms with Crippen LogP contribution in [0.1, 0.15) is 23.6 Å². The van der Waals surface area contributed by atoms with E-state index in [-0.39, 0.29) is 6.04 Å². The van der Waals surface area contributed by atoms with Gasteiger partial charge in [-0.1, -0.05) is 36.4 Å². The summed E-state index contributed by atoms with van der Waals surface area (Å²) in [4.78, 5) is 0. The largest absolute Gasteiger partial charge is 0.496 e. The first-order chi connectivity index (χ1) is 11.4. The van der Waals surface area contributed by atoms with E-state index in [2.05, 4.69) is 5.32 Å². The Morgan fingerprint density at radius 2 is 1.83 bits per heavy atom. The molecule has 2 rings (SSSR count). The number of benzene rings is 2. The summed E-state index contributed by atoms with van der Waals surface area (Å²) in [6, 6.07) is 13.4. The molecule has 0 radical (unpaired) electrons. The molecule has 0 heterocycles. The average Bonchev–Trinajstić information content (AvgIpc) is 2.55. The molecule has 0 saturated carbocycles. The second kappa shape index (κ2) is 8.20. The van der Waals surface area contributed by atoms with Gasteiger partial charge in [0.15, 0.2) is 0 Å². The number of rotatable bonds is 7. The molecule has 2 aromatic rings. The lowest BCUT2D eigenvalue weighted by Gasteiger charge is -2.16. The highest BCUT2D eigenvalue weighted by Crippen LogP contribution is 2.29. The van der Waals surface area contributed by atoms with E-state index in [0.29, 0.717) is 12.0 Å². The van der Waals surface area contributed by atoms with E-state index in [9.17, 15) is 13.2 Å². The molecule has 0 aromatic heterocycles. The summed E-state index contributed by atoms with van der Waals surface area (Å²) in [5.74, 6) is 0.852. The van der Waals surface area contributed by atoms with Crippen molar-refractivity contribution in [1.29, 1.82) is 0 Å². The Morgan fingerprint density at radius 3 is 2.54 bits per heavy atom. The number of para-hydroxylation sites is 1. The molecule has 0 aliphatic carbocycles. The summed E-state index contributed by atoms with van der Waals surface area (Å²) in [7, 11) is 1.64. The highest BCUT2D eigenvalue weighted by Gasteiger charge is 2.30. The van der Waals surface area contributed by atoms with E-state index in [1.807, 2.05) is 31.2 Å². The molecule has 2 aromatic carbocycles. The maximum absolute atomic E-state index is 12.7. The normalized spacial score (nSPS) is 12.9. The summed E-state index contributed by atoms with van der Waals surface area (Å²) in [5, 5.41) is 3.35. The molecule has 0 amide bonds. The molecule has 0 fully saturated rings. The molecule has 0 unspecified atom stereocenters. The maximum atomic E-state index is 12.7. The van der Waals surface area contributed by atoms with Crippen LogP contribution < -0.4 is 10.1 Å². The summed E-state index contributed by atoms with van der Waals surface area (Å²) >= 11 is 0. The molecule has 5 heteroatoms. The van der Waals surface area contributed by atoms with E-state index < -0.39 is 11.7 Å². The molecule has 130 valence electrons. The fourth-order valence-electron chi connectivity index (χ4n) is 2.66. The third-order valence-electron chi connectivity index (χ3n) is 3.88. The Kier molecular flexibility index (Phi) is 6.26. The second-order valence-corrected chi connectivity index (χ2v) is 5.82. The van der Waals surface area contributed by atoms with Crippen molar-refractivity contribution in [3.63, 3.8) is 0 Å². The van der Waals surface area contributed by atoms with Crippen molar-refractivity contribution in [2.24, 2.45) is 0 Å². The SMILES string of the molecule is COc1ccccc1CCN[C@@H](C)Cc1cccc(C(F)(F)F)c1. The third kappa shape index (κ3) is 5.27. The van der Waals surface area contributed by atoms with E-state index in [0.717, 1.165) is 30.3 Å². The number of nitrogens with one attached hydrogen (secondary N) is 1. The number of halogens is 3. The van der Waals surface area contributed by atoms with Gasteiger partial charge in [-0.15, -0.1) is 0 Å². The molecule has 0 bridgehead atoms. The quantitative estimate of drug-likeness (QED) is 0.804. The van der Waals surface area contributed by atoms with Gasteiger partial charge in [-0.3, -0.25) is 0 Å². The first-order valence-corrected chi connectivity index (χ1v) is 7.91. The van der Waals surface area contributed by atoms with Gasteiger partial charge >= 0.3 is 6.18 Å². The van der Waals surface area contributed by atoms with Crippen molar-refractivity contribution in [3.8, 4) is 5.75 Å². The van der Waals surface area contributed by atoms with Gasteiger partial charge in [-0.25, -0.2) is 0 Å². The van der Waals surface area contributed by atoms with Crippen molar-refractivity contribution in [1.82, 2.24) is 5.32 Å². The van der Waals surface area contributed by atoms with Crippen LogP contribution in [0.25, 0.3) is 0 Å². The van der Waals surface area contributed by atoms with Crippen molar-refractivity contribution in [2.45, 2.75) is 32.0 Å². The molecule has 2 nitrogen and oxygen atoms in total. The topological polar surface area (TPSA) is 21.3 Å². The smallest absolute Gasteiger partial charge is 0.416 e. The van der Waals surface area contributed by atoms with Crippen LogP contribution in [-0.2, 0) is 19.0 Å². The van der Waals surface area contributed by atoms with Crippen LogP contribution in [-0.4, -0.2) is 19.7 Å². The van der Waals surface area contributed by atoms with Crippen molar-refractivity contribution < 1.29 is 17.9 Å². The first-order valence-electron chi connectivity index (χ1n) is 7.91. The minimum Gasteiger partial charge on any atom is -0.496 e. The number of hydrogen-bond donors (Lipinski definition) is 1. The van der Waals surface area contributed by atoms with Crippen LogP contribution in [0, 0.1) is 0 Å². The minimum absolute atomic E-state index is 0.0863. The van der Waals surface area contributed by atoms with Gasteiger partial charge in [0.2, 0.25) is 0 Å². The lowest BCUT2D eigenvalue weighted by atomic mass is 10.0. The lowest BCUT2D eigenvalue weighted by molar-refractivity contribution is -0.137. The molecule has 1 atom stereocenters. The van der Waals surface area contributed by atoms with Gasteiger partial charge in [0.25, 0.3) is 0 Å². The zero-order valence-electron chi connectivity index (χ0n) is 13.9. The number of ether oxygens (including phenoxy) is 1. The Bertz CT molecular complexity index is 655. The second-order valence-electron chi connectivity index (χ2n) is 5.82. The summed E-state index contributed by atoms with van der Waals surface area (Å²) in [5.41, 5.74) is 1.20. The van der Waals surface area contributed by atoms with E-state index >= 15 is 0 Å². The molecule has 0 saturated heterocycles. The predicted octanol–water partition coefficient (Wildman–Crippen LogP) is 4.48. The predicted molar refractivity (Wildman–Crippen MR) is 89.3 cm³/mol. The lowest BCUT2D eigenvalue weighted by Crippen LogP contribution is -2.30. The Balaban J connectivity index is 1.86. The van der Waals surface area contributed by atoms with Gasteiger partial charge in [0.1, 0.15) is 5.75 Å². The summed E-state index contributed by atoms with van der Waals surface area (Å²) in [6.45, 7) is 2.71. The summed E-state index contributed by atoms with van der Waals surface area (Å²) in [6.07, 6.45) is -2.94. The zero-order chi connectivity index (χ0) is 17.6. The number of hydrogen-bond acceptors (Lipinski definition) is 2. The highest BCUT2D eigenvalue weighted by atomic mass is 19.4. The van der Waals surface area contributed by atoms with Gasteiger partial charge in [-0.05, 0) is 49.6 Å².